The minimum Gasteiger partial charge on any atom is -0.494 e. The summed E-state index contributed by atoms with van der Waals surface area (Å²) in [5, 5.41) is 5.02. The molecule has 0 atom stereocenters. The van der Waals surface area contributed by atoms with E-state index in [-0.39, 0.29) is 0 Å². The van der Waals surface area contributed by atoms with Crippen LogP contribution in [0.15, 0.2) is 47.2 Å². The van der Waals surface area contributed by atoms with E-state index in [0.29, 0.717) is 6.61 Å². The van der Waals surface area contributed by atoms with Gasteiger partial charge in [-0.15, -0.1) is 0 Å². The first-order valence-electron chi connectivity index (χ1n) is 7.35. The molecule has 1 aromatic carbocycles. The SMILES string of the molecule is CCOc1ccc2nc(CN(C)Cc3ccon3)ccc2c1. The first-order valence-corrected chi connectivity index (χ1v) is 7.35. The van der Waals surface area contributed by atoms with Crippen LogP contribution in [0.3, 0.4) is 0 Å². The van der Waals surface area contributed by atoms with Crippen molar-refractivity contribution in [3.8, 4) is 5.75 Å². The Morgan fingerprint density at radius 3 is 2.73 bits per heavy atom. The van der Waals surface area contributed by atoms with Gasteiger partial charge in [-0.2, -0.15) is 0 Å². The number of pyridine rings is 1. The average molecular weight is 297 g/mol. The van der Waals surface area contributed by atoms with Gasteiger partial charge in [0.1, 0.15) is 12.0 Å². The molecular formula is C17H19N3O2. The molecule has 0 saturated heterocycles. The normalized spacial score (nSPS) is 11.2. The predicted octanol–water partition coefficient (Wildman–Crippen LogP) is 3.25. The van der Waals surface area contributed by atoms with Gasteiger partial charge in [-0.3, -0.25) is 9.88 Å². The second-order valence-electron chi connectivity index (χ2n) is 5.25. The number of hydrogen-bond donors (Lipinski definition) is 0. The summed E-state index contributed by atoms with van der Waals surface area (Å²) in [7, 11) is 2.04. The summed E-state index contributed by atoms with van der Waals surface area (Å²) in [6.07, 6.45) is 1.59. The Kier molecular flexibility index (Phi) is 4.34. The van der Waals surface area contributed by atoms with Crippen LogP contribution in [0, 0.1) is 0 Å². The van der Waals surface area contributed by atoms with Crippen LogP contribution in [0.1, 0.15) is 18.3 Å². The van der Waals surface area contributed by atoms with E-state index in [1.165, 1.54) is 0 Å². The largest absolute Gasteiger partial charge is 0.494 e. The lowest BCUT2D eigenvalue weighted by atomic mass is 10.2. The topological polar surface area (TPSA) is 51.4 Å². The molecule has 114 valence electrons. The van der Waals surface area contributed by atoms with Gasteiger partial charge < -0.3 is 9.26 Å². The zero-order valence-electron chi connectivity index (χ0n) is 12.8. The lowest BCUT2D eigenvalue weighted by Gasteiger charge is -2.14. The van der Waals surface area contributed by atoms with Crippen LogP contribution in [-0.2, 0) is 13.1 Å². The first-order chi connectivity index (χ1) is 10.7. The third-order valence-corrected chi connectivity index (χ3v) is 3.38. The summed E-state index contributed by atoms with van der Waals surface area (Å²) in [5.74, 6) is 0.882. The van der Waals surface area contributed by atoms with Crippen LogP contribution in [0.2, 0.25) is 0 Å². The second kappa shape index (κ2) is 6.58. The maximum absolute atomic E-state index is 5.52. The van der Waals surface area contributed by atoms with E-state index in [1.54, 1.807) is 6.26 Å². The molecule has 0 saturated carbocycles. The smallest absolute Gasteiger partial charge is 0.124 e. The first kappa shape index (κ1) is 14.5. The fourth-order valence-electron chi connectivity index (χ4n) is 2.42. The van der Waals surface area contributed by atoms with Gasteiger partial charge in [-0.1, -0.05) is 11.2 Å². The Hall–Kier alpha value is -2.40. The molecule has 5 heteroatoms. The fraction of sp³-hybridized carbons (Fsp3) is 0.294. The highest BCUT2D eigenvalue weighted by atomic mass is 16.5. The molecular weight excluding hydrogens is 278 g/mol. The van der Waals surface area contributed by atoms with E-state index in [4.69, 9.17) is 14.2 Å². The van der Waals surface area contributed by atoms with Crippen LogP contribution in [0.25, 0.3) is 10.9 Å². The van der Waals surface area contributed by atoms with Crippen LogP contribution in [0.4, 0.5) is 0 Å². The van der Waals surface area contributed by atoms with Crippen molar-refractivity contribution in [2.24, 2.45) is 0 Å². The van der Waals surface area contributed by atoms with Crippen molar-refractivity contribution in [2.75, 3.05) is 13.7 Å². The Morgan fingerprint density at radius 1 is 1.09 bits per heavy atom. The van der Waals surface area contributed by atoms with Crippen LogP contribution in [-0.4, -0.2) is 28.7 Å². The Labute approximate surface area is 129 Å². The van der Waals surface area contributed by atoms with Crippen LogP contribution >= 0.6 is 0 Å². The zero-order valence-corrected chi connectivity index (χ0v) is 12.8. The molecule has 0 spiro atoms. The number of rotatable bonds is 6. The van der Waals surface area contributed by atoms with Crippen molar-refractivity contribution in [3.63, 3.8) is 0 Å². The van der Waals surface area contributed by atoms with E-state index in [9.17, 15) is 0 Å². The summed E-state index contributed by atoms with van der Waals surface area (Å²) >= 11 is 0. The van der Waals surface area contributed by atoms with E-state index < -0.39 is 0 Å². The summed E-state index contributed by atoms with van der Waals surface area (Å²) in [4.78, 5) is 6.86. The van der Waals surface area contributed by atoms with Crippen molar-refractivity contribution in [2.45, 2.75) is 20.0 Å². The summed E-state index contributed by atoms with van der Waals surface area (Å²) in [5.41, 5.74) is 2.93. The monoisotopic (exact) mass is 297 g/mol. The summed E-state index contributed by atoms with van der Waals surface area (Å²) in [6.45, 7) is 4.15. The second-order valence-corrected chi connectivity index (χ2v) is 5.25. The highest BCUT2D eigenvalue weighted by molar-refractivity contribution is 5.80. The highest BCUT2D eigenvalue weighted by Crippen LogP contribution is 2.20. The number of hydrogen-bond acceptors (Lipinski definition) is 5. The quantitative estimate of drug-likeness (QED) is 0.699. The van der Waals surface area contributed by atoms with Crippen LogP contribution < -0.4 is 4.74 Å². The van der Waals surface area contributed by atoms with Crippen molar-refractivity contribution in [3.05, 3.63) is 54.0 Å². The van der Waals surface area contributed by atoms with E-state index >= 15 is 0 Å². The Bertz CT molecular complexity index is 741. The predicted molar refractivity (Wildman–Crippen MR) is 84.6 cm³/mol. The van der Waals surface area contributed by atoms with E-state index in [0.717, 1.165) is 41.1 Å². The molecule has 0 aliphatic carbocycles. The molecule has 0 bridgehead atoms. The minimum atomic E-state index is 0.670. The van der Waals surface area contributed by atoms with Crippen molar-refractivity contribution >= 4 is 10.9 Å². The average Bonchev–Trinajstić information content (AvgIpc) is 3.00. The van der Waals surface area contributed by atoms with Gasteiger partial charge in [0.05, 0.1) is 23.5 Å². The fourth-order valence-corrected chi connectivity index (χ4v) is 2.42. The standard InChI is InChI=1S/C17H19N3O2/c1-3-21-16-6-7-17-13(10-16)4-5-14(18-17)11-20(2)12-15-8-9-22-19-15/h4-10H,3,11-12H2,1-2H3. The molecule has 0 N–H and O–H groups in total. The molecule has 3 aromatic rings. The lowest BCUT2D eigenvalue weighted by molar-refractivity contribution is 0.300. The Morgan fingerprint density at radius 2 is 1.95 bits per heavy atom. The van der Waals surface area contributed by atoms with Gasteiger partial charge in [0, 0.05) is 24.5 Å². The third-order valence-electron chi connectivity index (χ3n) is 3.38. The molecule has 3 rings (SSSR count). The van der Waals surface area contributed by atoms with Crippen molar-refractivity contribution in [1.29, 1.82) is 0 Å². The summed E-state index contributed by atoms with van der Waals surface area (Å²) in [6, 6.07) is 12.0. The van der Waals surface area contributed by atoms with E-state index in [2.05, 4.69) is 22.2 Å². The molecule has 0 aliphatic heterocycles. The number of benzene rings is 1. The maximum Gasteiger partial charge on any atom is 0.124 e. The molecule has 2 heterocycles. The number of ether oxygens (including phenoxy) is 1. The number of nitrogens with zero attached hydrogens (tertiary/aromatic N) is 3. The summed E-state index contributed by atoms with van der Waals surface area (Å²) < 4.78 is 10.4. The van der Waals surface area contributed by atoms with Gasteiger partial charge in [-0.05, 0) is 38.2 Å². The molecule has 0 fully saturated rings. The number of fused-ring (bicyclic) bond motifs is 1. The van der Waals surface area contributed by atoms with Gasteiger partial charge in [0.2, 0.25) is 0 Å². The van der Waals surface area contributed by atoms with E-state index in [1.807, 2.05) is 38.2 Å². The molecule has 0 radical (unpaired) electrons. The van der Waals surface area contributed by atoms with Gasteiger partial charge in [0.25, 0.3) is 0 Å². The van der Waals surface area contributed by atoms with Crippen molar-refractivity contribution < 1.29 is 9.26 Å². The van der Waals surface area contributed by atoms with Gasteiger partial charge in [-0.25, -0.2) is 0 Å². The Balaban J connectivity index is 1.72. The highest BCUT2D eigenvalue weighted by Gasteiger charge is 2.06. The maximum atomic E-state index is 5.52. The zero-order chi connectivity index (χ0) is 15.4. The van der Waals surface area contributed by atoms with Gasteiger partial charge >= 0.3 is 0 Å². The lowest BCUT2D eigenvalue weighted by Crippen LogP contribution is -2.18. The molecule has 2 aromatic heterocycles. The molecule has 5 nitrogen and oxygen atoms in total. The number of aromatic nitrogens is 2. The molecule has 0 unspecified atom stereocenters. The molecule has 0 aliphatic rings. The van der Waals surface area contributed by atoms with Crippen LogP contribution in [0.5, 0.6) is 5.75 Å². The van der Waals surface area contributed by atoms with Crippen molar-refractivity contribution in [1.82, 2.24) is 15.0 Å². The van der Waals surface area contributed by atoms with Gasteiger partial charge in [0.15, 0.2) is 0 Å². The minimum absolute atomic E-state index is 0.670. The molecule has 22 heavy (non-hydrogen) atoms. The molecule has 0 amide bonds. The third kappa shape index (κ3) is 3.43.